The molecular formula is C19H23ClFNO3S. The maximum absolute atomic E-state index is 13.7. The largest absolute Gasteiger partial charge is 0.491 e. The zero-order chi connectivity index (χ0) is 19.2. The SMILES string of the molecule is CC(C)Oc1ccc(CCCNS(=O)(=O)Cc2c(F)cccc2Cl)cc1. The summed E-state index contributed by atoms with van der Waals surface area (Å²) in [5.41, 5.74) is 1.08. The van der Waals surface area contributed by atoms with Crippen LogP contribution in [0.25, 0.3) is 0 Å². The van der Waals surface area contributed by atoms with Crippen molar-refractivity contribution in [3.05, 3.63) is 64.4 Å². The van der Waals surface area contributed by atoms with Gasteiger partial charge in [-0.15, -0.1) is 0 Å². The summed E-state index contributed by atoms with van der Waals surface area (Å²) in [7, 11) is -3.65. The van der Waals surface area contributed by atoms with Crippen molar-refractivity contribution >= 4 is 21.6 Å². The normalized spacial score (nSPS) is 11.7. The predicted octanol–water partition coefficient (Wildman–Crippen LogP) is 4.32. The topological polar surface area (TPSA) is 55.4 Å². The van der Waals surface area contributed by atoms with Crippen molar-refractivity contribution in [3.8, 4) is 5.75 Å². The molecule has 0 saturated carbocycles. The van der Waals surface area contributed by atoms with Crippen LogP contribution in [0.1, 0.15) is 31.4 Å². The standard InChI is InChI=1S/C19H23ClFNO3S/c1-14(2)25-16-10-8-15(9-11-16)5-4-12-22-26(23,24)13-17-18(20)6-3-7-19(17)21/h3,6-11,14,22H,4-5,12-13H2,1-2H3. The minimum absolute atomic E-state index is 0.0117. The molecule has 0 fully saturated rings. The Labute approximate surface area is 159 Å². The van der Waals surface area contributed by atoms with Crippen LogP contribution in [0.4, 0.5) is 4.39 Å². The molecule has 0 aromatic heterocycles. The number of aryl methyl sites for hydroxylation is 1. The Morgan fingerprint density at radius 3 is 2.46 bits per heavy atom. The van der Waals surface area contributed by atoms with Crippen LogP contribution in [-0.2, 0) is 22.2 Å². The second-order valence-electron chi connectivity index (χ2n) is 6.27. The van der Waals surface area contributed by atoms with Crippen LogP contribution in [0.15, 0.2) is 42.5 Å². The molecule has 0 amide bonds. The van der Waals surface area contributed by atoms with Gasteiger partial charge in [0, 0.05) is 17.1 Å². The quantitative estimate of drug-likeness (QED) is 0.639. The number of halogens is 2. The molecule has 0 aliphatic heterocycles. The highest BCUT2D eigenvalue weighted by Gasteiger charge is 2.16. The van der Waals surface area contributed by atoms with E-state index in [0.29, 0.717) is 6.42 Å². The van der Waals surface area contributed by atoms with Crippen molar-refractivity contribution in [1.29, 1.82) is 0 Å². The molecule has 0 radical (unpaired) electrons. The summed E-state index contributed by atoms with van der Waals surface area (Å²) in [6.07, 6.45) is 1.48. The maximum atomic E-state index is 13.7. The molecule has 142 valence electrons. The molecule has 0 bridgehead atoms. The first-order chi connectivity index (χ1) is 12.3. The van der Waals surface area contributed by atoms with E-state index in [2.05, 4.69) is 4.72 Å². The van der Waals surface area contributed by atoms with Crippen molar-refractivity contribution < 1.29 is 17.5 Å². The van der Waals surface area contributed by atoms with E-state index in [9.17, 15) is 12.8 Å². The van der Waals surface area contributed by atoms with Crippen LogP contribution in [0.2, 0.25) is 5.02 Å². The molecule has 4 nitrogen and oxygen atoms in total. The molecule has 0 spiro atoms. The summed E-state index contributed by atoms with van der Waals surface area (Å²) in [6, 6.07) is 11.8. The predicted molar refractivity (Wildman–Crippen MR) is 103 cm³/mol. The Morgan fingerprint density at radius 1 is 1.15 bits per heavy atom. The number of hydrogen-bond acceptors (Lipinski definition) is 3. The summed E-state index contributed by atoms with van der Waals surface area (Å²) < 4.78 is 46.0. The molecule has 0 aliphatic carbocycles. The Kier molecular flexibility index (Phi) is 7.43. The fourth-order valence-corrected chi connectivity index (χ4v) is 3.98. The molecule has 0 atom stereocenters. The van der Waals surface area contributed by atoms with Gasteiger partial charge in [0.15, 0.2) is 0 Å². The van der Waals surface area contributed by atoms with Gasteiger partial charge >= 0.3 is 0 Å². The first-order valence-corrected chi connectivity index (χ1v) is 10.5. The second-order valence-corrected chi connectivity index (χ2v) is 8.48. The first kappa shape index (κ1) is 20.7. The van der Waals surface area contributed by atoms with E-state index in [1.807, 2.05) is 38.1 Å². The van der Waals surface area contributed by atoms with E-state index in [-0.39, 0.29) is 23.2 Å². The summed E-state index contributed by atoms with van der Waals surface area (Å²) in [4.78, 5) is 0. The van der Waals surface area contributed by atoms with Crippen LogP contribution in [0.3, 0.4) is 0 Å². The van der Waals surface area contributed by atoms with Gasteiger partial charge < -0.3 is 4.74 Å². The minimum Gasteiger partial charge on any atom is -0.491 e. The first-order valence-electron chi connectivity index (χ1n) is 8.42. The number of nitrogens with one attached hydrogen (secondary N) is 1. The fraction of sp³-hybridized carbons (Fsp3) is 0.368. The molecule has 1 N–H and O–H groups in total. The Morgan fingerprint density at radius 2 is 1.85 bits per heavy atom. The Balaban J connectivity index is 1.81. The van der Waals surface area contributed by atoms with Crippen molar-refractivity contribution in [1.82, 2.24) is 4.72 Å². The van der Waals surface area contributed by atoms with E-state index >= 15 is 0 Å². The van der Waals surface area contributed by atoms with E-state index < -0.39 is 21.6 Å². The van der Waals surface area contributed by atoms with E-state index in [0.717, 1.165) is 17.7 Å². The van der Waals surface area contributed by atoms with Crippen molar-refractivity contribution in [2.75, 3.05) is 6.54 Å². The van der Waals surface area contributed by atoms with Crippen LogP contribution in [0, 0.1) is 5.82 Å². The number of sulfonamides is 1. The smallest absolute Gasteiger partial charge is 0.215 e. The lowest BCUT2D eigenvalue weighted by Crippen LogP contribution is -2.27. The van der Waals surface area contributed by atoms with E-state index in [1.54, 1.807) is 0 Å². The van der Waals surface area contributed by atoms with Crippen LogP contribution in [-0.4, -0.2) is 21.1 Å². The van der Waals surface area contributed by atoms with Crippen molar-refractivity contribution in [3.63, 3.8) is 0 Å². The lowest BCUT2D eigenvalue weighted by Gasteiger charge is -2.11. The molecule has 2 aromatic carbocycles. The Hall–Kier alpha value is -1.63. The van der Waals surface area contributed by atoms with Gasteiger partial charge in [0.1, 0.15) is 11.6 Å². The molecule has 0 aliphatic rings. The summed E-state index contributed by atoms with van der Waals surface area (Å²) in [6.45, 7) is 4.21. The molecule has 0 unspecified atom stereocenters. The van der Waals surface area contributed by atoms with Crippen molar-refractivity contribution in [2.24, 2.45) is 0 Å². The average molecular weight is 400 g/mol. The highest BCUT2D eigenvalue weighted by molar-refractivity contribution is 7.88. The zero-order valence-corrected chi connectivity index (χ0v) is 16.4. The number of benzene rings is 2. The third kappa shape index (κ3) is 6.59. The van der Waals surface area contributed by atoms with Gasteiger partial charge in [-0.25, -0.2) is 17.5 Å². The van der Waals surface area contributed by atoms with Gasteiger partial charge in [-0.05, 0) is 56.5 Å². The van der Waals surface area contributed by atoms with Crippen LogP contribution in [0.5, 0.6) is 5.75 Å². The average Bonchev–Trinajstić information content (AvgIpc) is 2.56. The van der Waals surface area contributed by atoms with Gasteiger partial charge in [-0.1, -0.05) is 29.8 Å². The van der Waals surface area contributed by atoms with Crippen molar-refractivity contribution in [2.45, 2.75) is 38.5 Å². The fourth-order valence-electron chi connectivity index (χ4n) is 2.44. The van der Waals surface area contributed by atoms with Crippen LogP contribution >= 0.6 is 11.6 Å². The van der Waals surface area contributed by atoms with Crippen LogP contribution < -0.4 is 9.46 Å². The van der Waals surface area contributed by atoms with E-state index in [4.69, 9.17) is 16.3 Å². The third-order valence-corrected chi connectivity index (χ3v) is 5.32. The molecule has 2 rings (SSSR count). The molecule has 26 heavy (non-hydrogen) atoms. The number of hydrogen-bond donors (Lipinski definition) is 1. The lowest BCUT2D eigenvalue weighted by atomic mass is 10.1. The summed E-state index contributed by atoms with van der Waals surface area (Å²) in [5, 5.41) is 0.110. The van der Waals surface area contributed by atoms with Gasteiger partial charge in [-0.2, -0.15) is 0 Å². The zero-order valence-electron chi connectivity index (χ0n) is 14.8. The highest BCUT2D eigenvalue weighted by Crippen LogP contribution is 2.21. The van der Waals surface area contributed by atoms with Gasteiger partial charge in [0.05, 0.1) is 11.9 Å². The molecule has 0 saturated heterocycles. The maximum Gasteiger partial charge on any atom is 0.215 e. The number of ether oxygens (including phenoxy) is 1. The summed E-state index contributed by atoms with van der Waals surface area (Å²) in [5.74, 6) is -0.280. The third-order valence-electron chi connectivity index (χ3n) is 3.66. The van der Waals surface area contributed by atoms with Gasteiger partial charge in [0.25, 0.3) is 0 Å². The second kappa shape index (κ2) is 9.35. The van der Waals surface area contributed by atoms with Gasteiger partial charge in [-0.3, -0.25) is 0 Å². The Bertz CT molecular complexity index is 803. The summed E-state index contributed by atoms with van der Waals surface area (Å²) >= 11 is 5.88. The minimum atomic E-state index is -3.65. The molecule has 7 heteroatoms. The van der Waals surface area contributed by atoms with Gasteiger partial charge in [0.2, 0.25) is 10.0 Å². The lowest BCUT2D eigenvalue weighted by molar-refractivity contribution is 0.242. The van der Waals surface area contributed by atoms with E-state index in [1.165, 1.54) is 18.2 Å². The highest BCUT2D eigenvalue weighted by atomic mass is 35.5. The molecule has 2 aromatic rings. The number of rotatable bonds is 9. The molecule has 0 heterocycles. The monoisotopic (exact) mass is 399 g/mol. The molecular weight excluding hydrogens is 377 g/mol.